The first-order valence-corrected chi connectivity index (χ1v) is 24.4. The van der Waals surface area contributed by atoms with E-state index in [0.29, 0.717) is 0 Å². The van der Waals surface area contributed by atoms with Gasteiger partial charge in [-0.15, -0.1) is 11.3 Å². The first-order valence-electron chi connectivity index (χ1n) is 23.6. The van der Waals surface area contributed by atoms with E-state index in [2.05, 4.69) is 231 Å². The molecule has 0 atom stereocenters. The predicted molar refractivity (Wildman–Crippen MR) is 285 cm³/mol. The third-order valence-electron chi connectivity index (χ3n) is 14.7. The van der Waals surface area contributed by atoms with Crippen LogP contribution in [-0.4, -0.2) is 15.8 Å². The van der Waals surface area contributed by atoms with Gasteiger partial charge in [-0.2, -0.15) is 0 Å². The Kier molecular flexibility index (Phi) is 8.28. The minimum absolute atomic E-state index is 0.00326. The molecule has 2 aliphatic heterocycles. The number of thiophene rings is 1. The number of hydrogen-bond donors (Lipinski definition) is 0. The molecule has 0 amide bonds. The SMILES string of the molecule is CC(C)(C)c1ccc(N2c3cccc4c3B(c3sc5ccc(C(C)(C)C)cc5c32)c2cc3c(c5ccc(C(C)(C)C)cc5n3-c3ccccc3)c3c5cc(C(C)(C)C)ccc5n-4c23)cc1. The molecule has 7 aromatic carbocycles. The number of anilines is 3. The Balaban J connectivity index is 1.28. The van der Waals surface area contributed by atoms with E-state index in [-0.39, 0.29) is 28.4 Å². The van der Waals surface area contributed by atoms with Gasteiger partial charge in [0.15, 0.2) is 0 Å². The maximum Gasteiger partial charge on any atom is 0.264 e. The molecule has 2 aliphatic rings. The van der Waals surface area contributed by atoms with Gasteiger partial charge in [0.25, 0.3) is 6.71 Å². The highest BCUT2D eigenvalue weighted by Crippen LogP contribution is 2.49. The summed E-state index contributed by atoms with van der Waals surface area (Å²) in [7, 11) is 0. The molecule has 5 heteroatoms. The molecule has 0 unspecified atom stereocenters. The van der Waals surface area contributed by atoms with Gasteiger partial charge in [0, 0.05) is 59.2 Å². The van der Waals surface area contributed by atoms with Crippen molar-refractivity contribution in [1.29, 1.82) is 0 Å². The standard InChI is InChI=1S/C60H58BN3S/c1-57(2,3)35-21-26-40(27-22-35)63-46-19-16-20-47-53(46)61(56-54(63)43-32-37(59(7,8)9)25-30-50(43)65-56)44-34-49-51(52-42-31-36(58(4,5)6)24-29-45(42)64(47)55(44)52)41-28-23-38(60(10,11)12)33-48(41)62(49)39-17-14-13-15-18-39/h13-34H,1-12H3. The van der Waals surface area contributed by atoms with E-state index in [9.17, 15) is 0 Å². The van der Waals surface area contributed by atoms with E-state index in [0.717, 1.165) is 0 Å². The maximum atomic E-state index is 2.65. The van der Waals surface area contributed by atoms with Crippen LogP contribution in [0.15, 0.2) is 133 Å². The van der Waals surface area contributed by atoms with Crippen molar-refractivity contribution in [2.45, 2.75) is 105 Å². The van der Waals surface area contributed by atoms with E-state index >= 15 is 0 Å². The molecule has 322 valence electrons. The van der Waals surface area contributed by atoms with Crippen LogP contribution in [-0.2, 0) is 21.7 Å². The van der Waals surface area contributed by atoms with E-state index in [1.807, 2.05) is 11.3 Å². The Bertz CT molecular complexity index is 3630. The second-order valence-electron chi connectivity index (χ2n) is 23.1. The summed E-state index contributed by atoms with van der Waals surface area (Å²) in [6, 6.07) is 52.1. The van der Waals surface area contributed by atoms with Crippen molar-refractivity contribution >= 4 is 105 Å². The molecule has 0 aliphatic carbocycles. The second kappa shape index (κ2) is 13.3. The Morgan fingerprint density at radius 3 is 1.71 bits per heavy atom. The number of rotatable bonds is 2. The molecule has 0 spiro atoms. The van der Waals surface area contributed by atoms with Gasteiger partial charge in [-0.1, -0.05) is 144 Å². The van der Waals surface area contributed by atoms with Gasteiger partial charge in [0.05, 0.1) is 27.8 Å². The lowest BCUT2D eigenvalue weighted by Crippen LogP contribution is -2.59. The Hall–Kier alpha value is -6.04. The molecule has 3 nitrogen and oxygen atoms in total. The highest BCUT2D eigenvalue weighted by atomic mass is 32.1. The topological polar surface area (TPSA) is 13.1 Å². The largest absolute Gasteiger partial charge is 0.310 e. The molecule has 5 heterocycles. The van der Waals surface area contributed by atoms with Gasteiger partial charge in [-0.3, -0.25) is 0 Å². The van der Waals surface area contributed by atoms with Crippen LogP contribution in [0.4, 0.5) is 17.1 Å². The number of hydrogen-bond acceptors (Lipinski definition) is 2. The molecule has 0 radical (unpaired) electrons. The van der Waals surface area contributed by atoms with Crippen molar-refractivity contribution < 1.29 is 0 Å². The molecule has 10 aromatic rings. The zero-order chi connectivity index (χ0) is 45.3. The monoisotopic (exact) mass is 863 g/mol. The fraction of sp³-hybridized carbons (Fsp3) is 0.267. The predicted octanol–water partition coefficient (Wildman–Crippen LogP) is 14.9. The van der Waals surface area contributed by atoms with Crippen LogP contribution in [0.5, 0.6) is 0 Å². The van der Waals surface area contributed by atoms with Gasteiger partial charge < -0.3 is 14.0 Å². The van der Waals surface area contributed by atoms with Crippen LogP contribution in [0.1, 0.15) is 105 Å². The summed E-state index contributed by atoms with van der Waals surface area (Å²) in [5.41, 5.74) is 19.6. The van der Waals surface area contributed by atoms with Crippen molar-refractivity contribution in [3.8, 4) is 11.4 Å². The van der Waals surface area contributed by atoms with Gasteiger partial charge in [0.2, 0.25) is 0 Å². The maximum absolute atomic E-state index is 2.65. The van der Waals surface area contributed by atoms with Crippen LogP contribution in [0, 0.1) is 0 Å². The molecule has 0 bridgehead atoms. The summed E-state index contributed by atoms with van der Waals surface area (Å²) < 4.78 is 7.96. The van der Waals surface area contributed by atoms with E-state index in [4.69, 9.17) is 0 Å². The smallest absolute Gasteiger partial charge is 0.264 e. The van der Waals surface area contributed by atoms with E-state index < -0.39 is 0 Å². The summed E-state index contributed by atoms with van der Waals surface area (Å²) in [6.07, 6.45) is 0. The number of fused-ring (bicyclic) bond motifs is 13. The molecule has 12 rings (SSSR count). The summed E-state index contributed by atoms with van der Waals surface area (Å²) in [6.45, 7) is 28.0. The average Bonchev–Trinajstić information content (AvgIpc) is 3.91. The van der Waals surface area contributed by atoms with Gasteiger partial charge in [-0.25, -0.2) is 0 Å². The fourth-order valence-corrected chi connectivity index (χ4v) is 12.4. The summed E-state index contributed by atoms with van der Waals surface area (Å²) in [5.74, 6) is 0. The molecule has 0 saturated carbocycles. The third kappa shape index (κ3) is 5.80. The lowest BCUT2D eigenvalue weighted by Gasteiger charge is -2.39. The van der Waals surface area contributed by atoms with Gasteiger partial charge in [0.1, 0.15) is 0 Å². The lowest BCUT2D eigenvalue weighted by molar-refractivity contribution is 0.590. The molecule has 0 fully saturated rings. The highest BCUT2D eigenvalue weighted by molar-refractivity contribution is 7.33. The van der Waals surface area contributed by atoms with Crippen molar-refractivity contribution in [2.75, 3.05) is 4.90 Å². The van der Waals surface area contributed by atoms with Crippen LogP contribution in [0.3, 0.4) is 0 Å². The van der Waals surface area contributed by atoms with Crippen molar-refractivity contribution in [2.24, 2.45) is 0 Å². The molecular weight excluding hydrogens is 806 g/mol. The van der Waals surface area contributed by atoms with E-state index in [1.165, 1.54) is 120 Å². The van der Waals surface area contributed by atoms with E-state index in [1.54, 1.807) is 0 Å². The molecule has 65 heavy (non-hydrogen) atoms. The first-order chi connectivity index (χ1) is 30.8. The Morgan fingerprint density at radius 2 is 1.03 bits per heavy atom. The zero-order valence-corrected chi connectivity index (χ0v) is 40.8. The summed E-state index contributed by atoms with van der Waals surface area (Å²) in [5, 5.41) is 6.65. The quantitative estimate of drug-likeness (QED) is 0.158. The first kappa shape index (κ1) is 40.5. The number of benzene rings is 7. The highest BCUT2D eigenvalue weighted by Gasteiger charge is 2.45. The minimum Gasteiger partial charge on any atom is -0.310 e. The number of aromatic nitrogens is 2. The van der Waals surface area contributed by atoms with Crippen molar-refractivity contribution in [3.63, 3.8) is 0 Å². The molecule has 0 saturated heterocycles. The lowest BCUT2D eigenvalue weighted by atomic mass is 9.36. The molecular formula is C60H58BN3S. The number of nitrogens with zero attached hydrogens (tertiary/aromatic N) is 3. The number of para-hydroxylation sites is 1. The normalized spacial score (nSPS) is 14.1. The summed E-state index contributed by atoms with van der Waals surface area (Å²) >= 11 is 1.99. The van der Waals surface area contributed by atoms with Crippen LogP contribution >= 0.6 is 11.3 Å². The van der Waals surface area contributed by atoms with Crippen molar-refractivity contribution in [3.05, 3.63) is 156 Å². The Morgan fingerprint density at radius 1 is 0.431 bits per heavy atom. The van der Waals surface area contributed by atoms with Crippen molar-refractivity contribution in [1.82, 2.24) is 9.13 Å². The van der Waals surface area contributed by atoms with Gasteiger partial charge in [-0.05, 0) is 128 Å². The zero-order valence-electron chi connectivity index (χ0n) is 40.0. The second-order valence-corrected chi connectivity index (χ2v) is 24.2. The Labute approximate surface area is 388 Å². The summed E-state index contributed by atoms with van der Waals surface area (Å²) in [4.78, 5) is 2.61. The van der Waals surface area contributed by atoms with Crippen LogP contribution < -0.4 is 20.6 Å². The molecule has 0 N–H and O–H groups in total. The third-order valence-corrected chi connectivity index (χ3v) is 15.9. The van der Waals surface area contributed by atoms with Crippen LogP contribution in [0.25, 0.3) is 65.1 Å². The minimum atomic E-state index is -0.0172. The molecule has 3 aromatic heterocycles. The van der Waals surface area contributed by atoms with Gasteiger partial charge >= 0.3 is 0 Å². The average molecular weight is 864 g/mol. The fourth-order valence-electron chi connectivity index (χ4n) is 11.1. The van der Waals surface area contributed by atoms with Crippen LogP contribution in [0.2, 0.25) is 0 Å².